The topological polar surface area (TPSA) is 38.0 Å². The van der Waals surface area contributed by atoms with Gasteiger partial charge in [-0.05, 0) is 28.7 Å². The van der Waals surface area contributed by atoms with E-state index in [1.165, 1.54) is 16.3 Å². The van der Waals surface area contributed by atoms with Gasteiger partial charge in [-0.3, -0.25) is 11.3 Å². The third-order valence-electron chi connectivity index (χ3n) is 2.71. The minimum absolute atomic E-state index is 0.222. The van der Waals surface area contributed by atoms with Crippen LogP contribution in [0.5, 0.6) is 0 Å². The lowest BCUT2D eigenvalue weighted by Gasteiger charge is -2.15. The smallest absolute Gasteiger partial charge is 0.0550 e. The minimum Gasteiger partial charge on any atom is -0.271 e. The summed E-state index contributed by atoms with van der Waals surface area (Å²) in [6.07, 6.45) is 2.09. The molecule has 2 rings (SSSR count). The van der Waals surface area contributed by atoms with Gasteiger partial charge in [0.15, 0.2) is 0 Å². The molecule has 2 aromatic rings. The van der Waals surface area contributed by atoms with Crippen molar-refractivity contribution in [3.8, 4) is 0 Å². The molecule has 0 amide bonds. The predicted molar refractivity (Wildman–Crippen MR) is 72.4 cm³/mol. The van der Waals surface area contributed by atoms with Crippen LogP contribution in [-0.2, 0) is 0 Å². The van der Waals surface area contributed by atoms with Crippen LogP contribution in [0.15, 0.2) is 42.5 Å². The molecule has 16 heavy (non-hydrogen) atoms. The Morgan fingerprint density at radius 1 is 1.19 bits per heavy atom. The molecule has 0 aliphatic rings. The zero-order valence-electron chi connectivity index (χ0n) is 9.31. The van der Waals surface area contributed by atoms with E-state index in [9.17, 15) is 0 Å². The molecule has 0 radical (unpaired) electrons. The first kappa shape index (κ1) is 11.5. The Hall–Kier alpha value is -1.03. The maximum Gasteiger partial charge on any atom is 0.0550 e. The van der Waals surface area contributed by atoms with Crippen LogP contribution >= 0.6 is 11.8 Å². The van der Waals surface area contributed by atoms with Crippen molar-refractivity contribution in [2.75, 3.05) is 12.0 Å². The molecule has 1 unspecified atom stereocenters. The summed E-state index contributed by atoms with van der Waals surface area (Å²) in [5.74, 6) is 6.55. The molecule has 0 aliphatic heterocycles. The van der Waals surface area contributed by atoms with E-state index in [1.54, 1.807) is 11.8 Å². The number of hydrazine groups is 1. The van der Waals surface area contributed by atoms with E-state index >= 15 is 0 Å². The highest BCUT2D eigenvalue weighted by Crippen LogP contribution is 2.21. The van der Waals surface area contributed by atoms with Crippen LogP contribution in [0.4, 0.5) is 0 Å². The van der Waals surface area contributed by atoms with Crippen LogP contribution in [0.25, 0.3) is 10.8 Å². The highest BCUT2D eigenvalue weighted by Gasteiger charge is 2.08. The van der Waals surface area contributed by atoms with E-state index in [4.69, 9.17) is 5.84 Å². The zero-order chi connectivity index (χ0) is 11.4. The lowest BCUT2D eigenvalue weighted by Crippen LogP contribution is -2.29. The minimum atomic E-state index is 0.222. The molecule has 3 heteroatoms. The summed E-state index contributed by atoms with van der Waals surface area (Å²) in [5.41, 5.74) is 4.11. The fraction of sp³-hybridized carbons (Fsp3) is 0.231. The first-order valence-electron chi connectivity index (χ1n) is 5.29. The summed E-state index contributed by atoms with van der Waals surface area (Å²) in [4.78, 5) is 0. The molecule has 84 valence electrons. The molecule has 0 fully saturated rings. The quantitative estimate of drug-likeness (QED) is 0.629. The average Bonchev–Trinajstić information content (AvgIpc) is 2.35. The highest BCUT2D eigenvalue weighted by molar-refractivity contribution is 7.98. The van der Waals surface area contributed by atoms with E-state index in [0.717, 1.165) is 5.75 Å². The van der Waals surface area contributed by atoms with Crippen molar-refractivity contribution in [3.63, 3.8) is 0 Å². The number of hydrogen-bond acceptors (Lipinski definition) is 3. The SMILES string of the molecule is CSCC(NN)c1ccc2ccccc2c1. The summed E-state index contributed by atoms with van der Waals surface area (Å²) < 4.78 is 0. The van der Waals surface area contributed by atoms with Crippen LogP contribution in [0.3, 0.4) is 0 Å². The van der Waals surface area contributed by atoms with Crippen LogP contribution in [0.2, 0.25) is 0 Å². The number of thioether (sulfide) groups is 1. The van der Waals surface area contributed by atoms with Gasteiger partial charge in [0.25, 0.3) is 0 Å². The fourth-order valence-corrected chi connectivity index (χ4v) is 2.45. The van der Waals surface area contributed by atoms with Crippen molar-refractivity contribution in [2.45, 2.75) is 6.04 Å². The molecule has 0 bridgehead atoms. The molecular weight excluding hydrogens is 216 g/mol. The van der Waals surface area contributed by atoms with Crippen molar-refractivity contribution < 1.29 is 0 Å². The van der Waals surface area contributed by atoms with Gasteiger partial charge in [-0.25, -0.2) is 0 Å². The van der Waals surface area contributed by atoms with E-state index < -0.39 is 0 Å². The average molecular weight is 232 g/mol. The van der Waals surface area contributed by atoms with Crippen LogP contribution < -0.4 is 11.3 Å². The molecule has 2 aromatic carbocycles. The third-order valence-corrected chi connectivity index (χ3v) is 3.38. The van der Waals surface area contributed by atoms with Crippen LogP contribution in [0.1, 0.15) is 11.6 Å². The molecule has 1 atom stereocenters. The number of rotatable bonds is 4. The van der Waals surface area contributed by atoms with E-state index in [-0.39, 0.29) is 6.04 Å². The summed E-state index contributed by atoms with van der Waals surface area (Å²) in [5, 5.41) is 2.53. The van der Waals surface area contributed by atoms with Gasteiger partial charge in [0, 0.05) is 5.75 Å². The Balaban J connectivity index is 2.37. The molecule has 0 saturated heterocycles. The lowest BCUT2D eigenvalue weighted by atomic mass is 10.0. The molecule has 0 spiro atoms. The van der Waals surface area contributed by atoms with Crippen LogP contribution in [0, 0.1) is 0 Å². The van der Waals surface area contributed by atoms with Crippen molar-refractivity contribution in [3.05, 3.63) is 48.0 Å². The molecule has 0 heterocycles. The number of fused-ring (bicyclic) bond motifs is 1. The first-order valence-corrected chi connectivity index (χ1v) is 6.68. The fourth-order valence-electron chi connectivity index (χ4n) is 1.83. The van der Waals surface area contributed by atoms with Crippen molar-refractivity contribution >= 4 is 22.5 Å². The summed E-state index contributed by atoms with van der Waals surface area (Å²) >= 11 is 1.79. The first-order chi connectivity index (χ1) is 7.85. The Morgan fingerprint density at radius 2 is 1.94 bits per heavy atom. The van der Waals surface area contributed by atoms with E-state index in [1.807, 2.05) is 0 Å². The molecule has 3 N–H and O–H groups in total. The van der Waals surface area contributed by atoms with Gasteiger partial charge in [0.1, 0.15) is 0 Å². The Labute approximate surface area is 100 Å². The van der Waals surface area contributed by atoms with Gasteiger partial charge >= 0.3 is 0 Å². The maximum atomic E-state index is 5.57. The Bertz CT molecular complexity index is 470. The van der Waals surface area contributed by atoms with Gasteiger partial charge in [0.2, 0.25) is 0 Å². The highest BCUT2D eigenvalue weighted by atomic mass is 32.2. The second-order valence-corrected chi connectivity index (χ2v) is 4.69. The number of benzene rings is 2. The third kappa shape index (κ3) is 2.38. The zero-order valence-corrected chi connectivity index (χ0v) is 10.1. The van der Waals surface area contributed by atoms with E-state index in [0.29, 0.717) is 0 Å². The van der Waals surface area contributed by atoms with Gasteiger partial charge in [0.05, 0.1) is 6.04 Å². The van der Waals surface area contributed by atoms with Crippen molar-refractivity contribution in [1.82, 2.24) is 5.43 Å². The largest absolute Gasteiger partial charge is 0.271 e. The van der Waals surface area contributed by atoms with Gasteiger partial charge in [-0.2, -0.15) is 11.8 Å². The summed E-state index contributed by atoms with van der Waals surface area (Å²) in [6.45, 7) is 0. The molecule has 2 nitrogen and oxygen atoms in total. The molecule has 0 aliphatic carbocycles. The van der Waals surface area contributed by atoms with Gasteiger partial charge in [-0.15, -0.1) is 0 Å². The van der Waals surface area contributed by atoms with Gasteiger partial charge in [-0.1, -0.05) is 36.4 Å². The van der Waals surface area contributed by atoms with Crippen molar-refractivity contribution in [1.29, 1.82) is 0 Å². The predicted octanol–water partition coefficient (Wildman–Crippen LogP) is 2.71. The molecule has 0 aromatic heterocycles. The number of nitrogens with one attached hydrogen (secondary N) is 1. The van der Waals surface area contributed by atoms with Crippen molar-refractivity contribution in [2.24, 2.45) is 5.84 Å². The normalized spacial score (nSPS) is 12.9. The second kappa shape index (κ2) is 5.34. The Morgan fingerprint density at radius 3 is 2.62 bits per heavy atom. The number of nitrogens with two attached hydrogens (primary N) is 1. The summed E-state index contributed by atoms with van der Waals surface area (Å²) in [7, 11) is 0. The number of hydrogen-bond donors (Lipinski definition) is 2. The monoisotopic (exact) mass is 232 g/mol. The van der Waals surface area contributed by atoms with Crippen LogP contribution in [-0.4, -0.2) is 12.0 Å². The maximum absolute atomic E-state index is 5.57. The second-order valence-electron chi connectivity index (χ2n) is 3.78. The molecular formula is C13H16N2S. The Kier molecular flexibility index (Phi) is 3.83. The summed E-state index contributed by atoms with van der Waals surface area (Å²) in [6, 6.07) is 15.1. The standard InChI is InChI=1S/C13H16N2S/c1-16-9-13(15-14)12-7-6-10-4-2-3-5-11(10)8-12/h2-8,13,15H,9,14H2,1H3. The molecule has 0 saturated carbocycles. The van der Waals surface area contributed by atoms with Gasteiger partial charge < -0.3 is 0 Å². The van der Waals surface area contributed by atoms with E-state index in [2.05, 4.69) is 54.1 Å². The lowest BCUT2D eigenvalue weighted by molar-refractivity contribution is 0.612.